The average Bonchev–Trinajstić information content (AvgIpc) is 2.29. The van der Waals surface area contributed by atoms with Crippen molar-refractivity contribution in [3.05, 3.63) is 35.4 Å². The second-order valence-corrected chi connectivity index (χ2v) is 5.44. The normalized spacial score (nSPS) is 13.1. The Balaban J connectivity index is 2.58. The lowest BCUT2D eigenvalue weighted by Crippen LogP contribution is -2.29. The minimum Gasteiger partial charge on any atom is -0.379 e. The topological polar surface area (TPSA) is 27.7 Å². The quantitative estimate of drug-likeness (QED) is 0.733. The third-order valence-corrected chi connectivity index (χ3v) is 3.71. The van der Waals surface area contributed by atoms with E-state index in [4.69, 9.17) is 13.3 Å². The number of benzene rings is 1. The maximum absolute atomic E-state index is 13.4. The predicted octanol–water partition coefficient (Wildman–Crippen LogP) is 1.92. The van der Waals surface area contributed by atoms with E-state index in [-0.39, 0.29) is 6.10 Å². The van der Waals surface area contributed by atoms with Crippen LogP contribution in [0.2, 0.25) is 0 Å². The van der Waals surface area contributed by atoms with Crippen LogP contribution in [0.3, 0.4) is 0 Å². The van der Waals surface area contributed by atoms with E-state index in [0.29, 0.717) is 12.0 Å². The molecule has 1 aromatic rings. The van der Waals surface area contributed by atoms with Crippen molar-refractivity contribution in [3.63, 3.8) is 0 Å². The highest BCUT2D eigenvalue weighted by molar-refractivity contribution is 6.36. The van der Waals surface area contributed by atoms with Gasteiger partial charge >= 0.3 is 9.53 Å². The molecule has 6 heteroatoms. The van der Waals surface area contributed by atoms with Crippen molar-refractivity contribution in [2.24, 2.45) is 0 Å². The molecule has 0 spiro atoms. The summed E-state index contributed by atoms with van der Waals surface area (Å²) in [4.78, 5) is 0. The lowest BCUT2D eigenvalue weighted by Gasteiger charge is -2.18. The van der Waals surface area contributed by atoms with Gasteiger partial charge in [0.15, 0.2) is 0 Å². The molecule has 0 heterocycles. The molecule has 17 heavy (non-hydrogen) atoms. The van der Waals surface area contributed by atoms with Gasteiger partial charge in [-0.15, -0.1) is 0 Å². The van der Waals surface area contributed by atoms with Gasteiger partial charge in [0.05, 0.1) is 6.10 Å². The van der Waals surface area contributed by atoms with Crippen molar-refractivity contribution in [2.75, 3.05) is 14.2 Å². The van der Waals surface area contributed by atoms with Gasteiger partial charge in [0.2, 0.25) is 0 Å². The van der Waals surface area contributed by atoms with Gasteiger partial charge < -0.3 is 13.3 Å². The molecule has 0 saturated carbocycles. The molecule has 0 fully saturated rings. The molecule has 1 unspecified atom stereocenters. The number of halogens is 2. The van der Waals surface area contributed by atoms with E-state index < -0.39 is 21.2 Å². The Morgan fingerprint density at radius 3 is 2.41 bits per heavy atom. The highest BCUT2D eigenvalue weighted by atomic mass is 28.3. The van der Waals surface area contributed by atoms with E-state index in [0.717, 1.165) is 6.07 Å². The molecule has 0 aliphatic rings. The molecule has 0 amide bonds. The van der Waals surface area contributed by atoms with Gasteiger partial charge in [-0.2, -0.15) is 0 Å². The average molecular weight is 262 g/mol. The first kappa shape index (κ1) is 14.2. The van der Waals surface area contributed by atoms with Crippen LogP contribution in [0.4, 0.5) is 8.78 Å². The molecular formula is C11H16F2O3Si. The summed E-state index contributed by atoms with van der Waals surface area (Å²) >= 11 is 0. The first-order valence-corrected chi connectivity index (χ1v) is 6.63. The molecule has 1 atom stereocenters. The monoisotopic (exact) mass is 262 g/mol. The Hall–Kier alpha value is -0.823. The van der Waals surface area contributed by atoms with Crippen LogP contribution in [0.25, 0.3) is 0 Å². The van der Waals surface area contributed by atoms with Gasteiger partial charge in [-0.05, 0) is 18.6 Å². The van der Waals surface area contributed by atoms with Gasteiger partial charge in [-0.25, -0.2) is 8.78 Å². The summed E-state index contributed by atoms with van der Waals surface area (Å²) in [6.07, 6.45) is 0.106. The highest BCUT2D eigenvalue weighted by Gasteiger charge is 2.17. The molecule has 0 radical (unpaired) electrons. The molecule has 3 nitrogen and oxygen atoms in total. The minimum atomic E-state index is -2.11. The van der Waals surface area contributed by atoms with Crippen molar-refractivity contribution in [1.29, 1.82) is 0 Å². The fourth-order valence-corrected chi connectivity index (χ4v) is 2.33. The second-order valence-electron chi connectivity index (χ2n) is 3.65. The zero-order valence-electron chi connectivity index (χ0n) is 10.1. The molecule has 0 saturated heterocycles. The van der Waals surface area contributed by atoms with Crippen LogP contribution < -0.4 is 0 Å². The summed E-state index contributed by atoms with van der Waals surface area (Å²) in [5.41, 5.74) is 0.416. The molecule has 1 rings (SSSR count). The lowest BCUT2D eigenvalue weighted by atomic mass is 10.1. The fourth-order valence-electron chi connectivity index (χ4n) is 1.44. The third-order valence-electron chi connectivity index (χ3n) is 2.25. The van der Waals surface area contributed by atoms with E-state index in [1.807, 2.05) is 0 Å². The van der Waals surface area contributed by atoms with E-state index >= 15 is 0 Å². The predicted molar refractivity (Wildman–Crippen MR) is 61.8 cm³/mol. The smallest absolute Gasteiger partial charge is 0.379 e. The van der Waals surface area contributed by atoms with Gasteiger partial charge in [-0.1, -0.05) is 6.07 Å². The third kappa shape index (κ3) is 4.51. The zero-order valence-corrected chi connectivity index (χ0v) is 11.2. The summed E-state index contributed by atoms with van der Waals surface area (Å²) in [7, 11) is 0.898. The number of rotatable bonds is 6. The highest BCUT2D eigenvalue weighted by Crippen LogP contribution is 2.13. The van der Waals surface area contributed by atoms with Crippen LogP contribution in [0.5, 0.6) is 0 Å². The Kier molecular flexibility index (Phi) is 5.70. The van der Waals surface area contributed by atoms with Crippen LogP contribution in [0.15, 0.2) is 18.2 Å². The number of hydrogen-bond acceptors (Lipinski definition) is 3. The Bertz CT molecular complexity index is 359. The van der Waals surface area contributed by atoms with E-state index in [1.54, 1.807) is 6.92 Å². The minimum absolute atomic E-state index is 0.244. The summed E-state index contributed by atoms with van der Waals surface area (Å²) in [5.74, 6) is -1.14. The molecule has 0 N–H and O–H groups in total. The van der Waals surface area contributed by atoms with Gasteiger partial charge in [-0.3, -0.25) is 0 Å². The summed E-state index contributed by atoms with van der Waals surface area (Å²) in [6, 6.07) is 3.51. The van der Waals surface area contributed by atoms with Crippen LogP contribution in [0.1, 0.15) is 12.5 Å². The molecule has 0 bridgehead atoms. The number of hydrogen-bond donors (Lipinski definition) is 0. The Morgan fingerprint density at radius 2 is 1.88 bits per heavy atom. The molecule has 0 aromatic heterocycles. The molecule has 0 aliphatic carbocycles. The summed E-state index contributed by atoms with van der Waals surface area (Å²) in [5, 5.41) is 0. The van der Waals surface area contributed by atoms with Gasteiger partial charge in [0.25, 0.3) is 0 Å². The van der Waals surface area contributed by atoms with Crippen molar-refractivity contribution in [2.45, 2.75) is 19.4 Å². The van der Waals surface area contributed by atoms with Crippen molar-refractivity contribution in [3.8, 4) is 0 Å². The first-order valence-electron chi connectivity index (χ1n) is 5.21. The zero-order chi connectivity index (χ0) is 12.8. The van der Waals surface area contributed by atoms with Crippen molar-refractivity contribution >= 4 is 9.53 Å². The Morgan fingerprint density at radius 1 is 1.24 bits per heavy atom. The Labute approximate surface area is 101 Å². The molecular weight excluding hydrogens is 246 g/mol. The van der Waals surface area contributed by atoms with E-state index in [1.165, 1.54) is 26.4 Å². The van der Waals surface area contributed by atoms with Crippen molar-refractivity contribution in [1.82, 2.24) is 0 Å². The van der Waals surface area contributed by atoms with E-state index in [2.05, 4.69) is 0 Å². The van der Waals surface area contributed by atoms with Crippen LogP contribution in [-0.2, 0) is 19.7 Å². The van der Waals surface area contributed by atoms with Crippen LogP contribution in [-0.4, -0.2) is 29.9 Å². The van der Waals surface area contributed by atoms with Gasteiger partial charge in [0, 0.05) is 26.7 Å². The van der Waals surface area contributed by atoms with Gasteiger partial charge in [0.1, 0.15) is 11.6 Å². The molecule has 0 aliphatic heterocycles. The lowest BCUT2D eigenvalue weighted by molar-refractivity contribution is 0.0947. The fraction of sp³-hybridized carbons (Fsp3) is 0.455. The standard InChI is InChI=1S/C11H16F2O3Si/c1-8(16-17(14-2)15-3)6-9-4-5-10(12)7-11(9)13/h4-5,7-8,17H,6H2,1-3H3. The molecule has 1 aromatic carbocycles. The SMILES string of the molecule is CO[SiH](OC)OC(C)Cc1ccc(F)cc1F. The summed E-state index contributed by atoms with van der Waals surface area (Å²) < 4.78 is 41.5. The van der Waals surface area contributed by atoms with Crippen LogP contribution >= 0.6 is 0 Å². The maximum atomic E-state index is 13.4. The van der Waals surface area contributed by atoms with Crippen LogP contribution in [0, 0.1) is 11.6 Å². The maximum Gasteiger partial charge on any atom is 0.483 e. The second kappa shape index (κ2) is 6.80. The molecule has 96 valence electrons. The van der Waals surface area contributed by atoms with E-state index in [9.17, 15) is 8.78 Å². The summed E-state index contributed by atoms with van der Waals surface area (Å²) in [6.45, 7) is 1.79. The van der Waals surface area contributed by atoms with Crippen molar-refractivity contribution < 1.29 is 22.1 Å². The first-order chi connectivity index (χ1) is 8.06. The largest absolute Gasteiger partial charge is 0.483 e.